The van der Waals surface area contributed by atoms with Gasteiger partial charge in [-0.15, -0.1) is 0 Å². The van der Waals surface area contributed by atoms with Gasteiger partial charge in [-0.2, -0.15) is 0 Å². The zero-order valence-electron chi connectivity index (χ0n) is 17.4. The number of piperidine rings is 1. The molecule has 2 saturated heterocycles. The Morgan fingerprint density at radius 2 is 1.68 bits per heavy atom. The number of amides is 1. The molecule has 5 heteroatoms. The monoisotopic (exact) mass is 385 g/mol. The van der Waals surface area contributed by atoms with E-state index in [4.69, 9.17) is 4.74 Å². The highest BCUT2D eigenvalue weighted by molar-refractivity contribution is 5.94. The molecular formula is C23H35N3O2. The minimum atomic E-state index is 0.181. The lowest BCUT2D eigenvalue weighted by atomic mass is 10.0. The van der Waals surface area contributed by atoms with Crippen molar-refractivity contribution in [3.63, 3.8) is 0 Å². The Bertz CT molecular complexity index is 640. The first kappa shape index (κ1) is 19.9. The SMILES string of the molecule is CC1CN(Cc2ccc(C(=O)N3CCC(NCC4CC4)CC3)cc2)CC(C)O1. The van der Waals surface area contributed by atoms with Crippen molar-refractivity contribution >= 4 is 5.91 Å². The highest BCUT2D eigenvalue weighted by atomic mass is 16.5. The second-order valence-corrected chi connectivity index (χ2v) is 9.07. The van der Waals surface area contributed by atoms with Gasteiger partial charge in [0.1, 0.15) is 0 Å². The second kappa shape index (κ2) is 8.93. The second-order valence-electron chi connectivity index (χ2n) is 9.07. The van der Waals surface area contributed by atoms with Crippen molar-refractivity contribution in [2.45, 2.75) is 64.3 Å². The van der Waals surface area contributed by atoms with E-state index in [2.05, 4.69) is 36.2 Å². The Morgan fingerprint density at radius 1 is 1.04 bits per heavy atom. The van der Waals surface area contributed by atoms with E-state index in [1.807, 2.05) is 17.0 Å². The lowest BCUT2D eigenvalue weighted by Crippen LogP contribution is -2.45. The van der Waals surface area contributed by atoms with Crippen LogP contribution < -0.4 is 5.32 Å². The van der Waals surface area contributed by atoms with Gasteiger partial charge in [0.2, 0.25) is 0 Å². The third-order valence-electron chi connectivity index (χ3n) is 6.28. The number of nitrogens with zero attached hydrogens (tertiary/aromatic N) is 2. The van der Waals surface area contributed by atoms with E-state index in [-0.39, 0.29) is 18.1 Å². The lowest BCUT2D eigenvalue weighted by molar-refractivity contribution is -0.0704. The molecule has 2 atom stereocenters. The van der Waals surface area contributed by atoms with Gasteiger partial charge < -0.3 is 15.0 Å². The molecule has 3 fully saturated rings. The molecule has 1 aliphatic carbocycles. The van der Waals surface area contributed by atoms with Gasteiger partial charge in [-0.1, -0.05) is 12.1 Å². The van der Waals surface area contributed by atoms with Crippen LogP contribution in [-0.2, 0) is 11.3 Å². The molecule has 5 nitrogen and oxygen atoms in total. The van der Waals surface area contributed by atoms with E-state index < -0.39 is 0 Å². The summed E-state index contributed by atoms with van der Waals surface area (Å²) < 4.78 is 5.81. The first-order valence-electron chi connectivity index (χ1n) is 11.1. The number of likely N-dealkylation sites (tertiary alicyclic amines) is 1. The average molecular weight is 386 g/mol. The predicted molar refractivity (Wildman–Crippen MR) is 111 cm³/mol. The number of hydrogen-bond donors (Lipinski definition) is 1. The smallest absolute Gasteiger partial charge is 0.253 e. The highest BCUT2D eigenvalue weighted by Gasteiger charge is 2.26. The fourth-order valence-corrected chi connectivity index (χ4v) is 4.55. The molecule has 1 N–H and O–H groups in total. The van der Waals surface area contributed by atoms with Gasteiger partial charge >= 0.3 is 0 Å². The summed E-state index contributed by atoms with van der Waals surface area (Å²) in [7, 11) is 0. The zero-order valence-corrected chi connectivity index (χ0v) is 17.4. The molecule has 2 aliphatic heterocycles. The van der Waals surface area contributed by atoms with Crippen LogP contribution in [0.1, 0.15) is 55.5 Å². The van der Waals surface area contributed by atoms with Crippen LogP contribution in [-0.4, -0.2) is 66.7 Å². The quantitative estimate of drug-likeness (QED) is 0.818. The van der Waals surface area contributed by atoms with Crippen molar-refractivity contribution in [2.24, 2.45) is 5.92 Å². The molecule has 2 unspecified atom stereocenters. The van der Waals surface area contributed by atoms with Gasteiger partial charge in [0, 0.05) is 44.3 Å². The van der Waals surface area contributed by atoms with Crippen LogP contribution >= 0.6 is 0 Å². The minimum Gasteiger partial charge on any atom is -0.373 e. The number of ether oxygens (including phenoxy) is 1. The number of nitrogens with one attached hydrogen (secondary N) is 1. The van der Waals surface area contributed by atoms with Crippen molar-refractivity contribution in [1.82, 2.24) is 15.1 Å². The van der Waals surface area contributed by atoms with Crippen molar-refractivity contribution in [3.8, 4) is 0 Å². The van der Waals surface area contributed by atoms with E-state index in [0.29, 0.717) is 6.04 Å². The minimum absolute atomic E-state index is 0.181. The number of benzene rings is 1. The van der Waals surface area contributed by atoms with Gasteiger partial charge in [-0.3, -0.25) is 9.69 Å². The average Bonchev–Trinajstić information content (AvgIpc) is 3.51. The van der Waals surface area contributed by atoms with Crippen molar-refractivity contribution < 1.29 is 9.53 Å². The summed E-state index contributed by atoms with van der Waals surface area (Å²) in [6.45, 7) is 10.0. The number of morpholine rings is 1. The Balaban J connectivity index is 1.25. The van der Waals surface area contributed by atoms with Gasteiger partial charge in [0.25, 0.3) is 5.91 Å². The third kappa shape index (κ3) is 5.34. The van der Waals surface area contributed by atoms with E-state index in [0.717, 1.165) is 57.0 Å². The molecule has 0 bridgehead atoms. The van der Waals surface area contributed by atoms with Crippen LogP contribution in [0.25, 0.3) is 0 Å². The lowest BCUT2D eigenvalue weighted by Gasteiger charge is -2.35. The zero-order chi connectivity index (χ0) is 19.5. The Labute approximate surface area is 169 Å². The van der Waals surface area contributed by atoms with E-state index in [9.17, 15) is 4.79 Å². The molecule has 2 heterocycles. The molecule has 0 aromatic heterocycles. The molecule has 1 saturated carbocycles. The van der Waals surface area contributed by atoms with Crippen molar-refractivity contribution in [1.29, 1.82) is 0 Å². The van der Waals surface area contributed by atoms with Gasteiger partial charge in [0.05, 0.1) is 12.2 Å². The molecule has 0 radical (unpaired) electrons. The van der Waals surface area contributed by atoms with Crippen LogP contribution in [0.4, 0.5) is 0 Å². The Hall–Kier alpha value is -1.43. The summed E-state index contributed by atoms with van der Waals surface area (Å²) in [5, 5.41) is 3.68. The maximum atomic E-state index is 12.8. The summed E-state index contributed by atoms with van der Waals surface area (Å²) >= 11 is 0. The molecule has 154 valence electrons. The molecule has 1 aromatic carbocycles. The molecule has 3 aliphatic rings. The topological polar surface area (TPSA) is 44.8 Å². The molecule has 0 spiro atoms. The summed E-state index contributed by atoms with van der Waals surface area (Å²) in [6.07, 6.45) is 5.50. The normalized spacial score (nSPS) is 27.1. The van der Waals surface area contributed by atoms with Crippen molar-refractivity contribution in [2.75, 3.05) is 32.7 Å². The van der Waals surface area contributed by atoms with E-state index >= 15 is 0 Å². The third-order valence-corrected chi connectivity index (χ3v) is 6.28. The van der Waals surface area contributed by atoms with Crippen LogP contribution in [0.5, 0.6) is 0 Å². The molecule has 4 rings (SSSR count). The van der Waals surface area contributed by atoms with E-state index in [1.165, 1.54) is 24.9 Å². The Morgan fingerprint density at radius 3 is 2.29 bits per heavy atom. The largest absolute Gasteiger partial charge is 0.373 e. The number of carbonyl (C=O) groups is 1. The number of hydrogen-bond acceptors (Lipinski definition) is 4. The molecule has 1 aromatic rings. The van der Waals surface area contributed by atoms with Crippen LogP contribution in [0.2, 0.25) is 0 Å². The molecule has 28 heavy (non-hydrogen) atoms. The first-order valence-corrected chi connectivity index (χ1v) is 11.1. The maximum Gasteiger partial charge on any atom is 0.253 e. The fraction of sp³-hybridized carbons (Fsp3) is 0.696. The Kier molecular flexibility index (Phi) is 6.34. The standard InChI is InChI=1S/C23H35N3O2/c1-17-14-25(15-18(2)28-17)16-20-5-7-21(8-6-20)23(27)26-11-9-22(10-12-26)24-13-19-3-4-19/h5-8,17-19,22,24H,3-4,9-16H2,1-2H3. The highest BCUT2D eigenvalue weighted by Crippen LogP contribution is 2.28. The summed E-state index contributed by atoms with van der Waals surface area (Å²) in [5.74, 6) is 1.10. The number of rotatable bonds is 6. The summed E-state index contributed by atoms with van der Waals surface area (Å²) in [4.78, 5) is 17.3. The fourth-order valence-electron chi connectivity index (χ4n) is 4.55. The van der Waals surface area contributed by atoms with Gasteiger partial charge in [0.15, 0.2) is 0 Å². The predicted octanol–water partition coefficient (Wildman–Crippen LogP) is 2.90. The molecular weight excluding hydrogens is 350 g/mol. The van der Waals surface area contributed by atoms with E-state index in [1.54, 1.807) is 0 Å². The molecule has 1 amide bonds. The summed E-state index contributed by atoms with van der Waals surface area (Å²) in [5.41, 5.74) is 2.08. The first-order chi connectivity index (χ1) is 13.6. The maximum absolute atomic E-state index is 12.8. The van der Waals surface area contributed by atoms with Crippen molar-refractivity contribution in [3.05, 3.63) is 35.4 Å². The van der Waals surface area contributed by atoms with Crippen LogP contribution in [0.3, 0.4) is 0 Å². The summed E-state index contributed by atoms with van der Waals surface area (Å²) in [6, 6.07) is 8.82. The van der Waals surface area contributed by atoms with Crippen LogP contribution in [0.15, 0.2) is 24.3 Å². The number of carbonyl (C=O) groups excluding carboxylic acids is 1. The van der Waals surface area contributed by atoms with Gasteiger partial charge in [-0.25, -0.2) is 0 Å². The van der Waals surface area contributed by atoms with Gasteiger partial charge in [-0.05, 0) is 69.7 Å². The van der Waals surface area contributed by atoms with Crippen LogP contribution in [0, 0.1) is 5.92 Å².